The highest BCUT2D eigenvalue weighted by Gasteiger charge is 2.51. The third-order valence-electron chi connectivity index (χ3n) is 2.99. The van der Waals surface area contributed by atoms with Gasteiger partial charge in [-0.3, -0.25) is 4.79 Å². The van der Waals surface area contributed by atoms with Gasteiger partial charge in [-0.15, -0.1) is 0 Å². The molecule has 1 aliphatic rings. The molecule has 1 aromatic carbocycles. The second-order valence-corrected chi connectivity index (χ2v) is 4.11. The van der Waals surface area contributed by atoms with Gasteiger partial charge in [0.05, 0.1) is 13.7 Å². The zero-order valence-electron chi connectivity index (χ0n) is 10.2. The fraction of sp³-hybridized carbons (Fsp3) is 0.385. The van der Waals surface area contributed by atoms with Gasteiger partial charge in [0.15, 0.2) is 0 Å². The lowest BCUT2D eigenvalue weighted by Crippen LogP contribution is -2.45. The van der Waals surface area contributed by atoms with Crippen molar-refractivity contribution >= 4 is 11.8 Å². The maximum atomic E-state index is 12.0. The summed E-state index contributed by atoms with van der Waals surface area (Å²) in [5, 5.41) is 10.2. The normalized spacial score (nSPS) is 21.6. The van der Waals surface area contributed by atoms with E-state index in [9.17, 15) is 14.7 Å². The van der Waals surface area contributed by atoms with E-state index in [1.165, 1.54) is 7.11 Å². The van der Waals surface area contributed by atoms with Gasteiger partial charge < -0.3 is 14.6 Å². The number of Topliss-reactive ketones (excluding diaryl/α,β-unsaturated/α-hetero) is 1. The summed E-state index contributed by atoms with van der Waals surface area (Å²) in [6.07, 6.45) is -0.0722. The minimum absolute atomic E-state index is 0.0722. The van der Waals surface area contributed by atoms with Crippen LogP contribution in [0.15, 0.2) is 18.2 Å². The molecule has 0 radical (unpaired) electrons. The second kappa shape index (κ2) is 4.42. The maximum Gasteiger partial charge on any atom is 0.346 e. The van der Waals surface area contributed by atoms with Crippen molar-refractivity contribution in [1.82, 2.24) is 0 Å². The molecule has 18 heavy (non-hydrogen) atoms. The summed E-state index contributed by atoms with van der Waals surface area (Å²) in [5.41, 5.74) is -1.16. The van der Waals surface area contributed by atoms with Crippen LogP contribution in [-0.2, 0) is 16.0 Å². The van der Waals surface area contributed by atoms with Crippen LogP contribution in [0.5, 0.6) is 5.75 Å². The van der Waals surface area contributed by atoms with Gasteiger partial charge in [-0.05, 0) is 30.7 Å². The molecule has 5 heteroatoms. The monoisotopic (exact) mass is 250 g/mol. The van der Waals surface area contributed by atoms with Gasteiger partial charge in [0.2, 0.25) is 11.4 Å². The van der Waals surface area contributed by atoms with Crippen LogP contribution in [-0.4, -0.2) is 36.2 Å². The number of hydrogen-bond acceptors (Lipinski definition) is 5. The molecule has 1 atom stereocenters. The van der Waals surface area contributed by atoms with E-state index in [0.29, 0.717) is 16.9 Å². The van der Waals surface area contributed by atoms with Crippen LogP contribution in [0.25, 0.3) is 0 Å². The molecule has 1 N–H and O–H groups in total. The number of ketones is 1. The van der Waals surface area contributed by atoms with E-state index in [-0.39, 0.29) is 13.0 Å². The van der Waals surface area contributed by atoms with Crippen molar-refractivity contribution in [3.8, 4) is 5.75 Å². The van der Waals surface area contributed by atoms with Crippen LogP contribution < -0.4 is 4.74 Å². The Labute approximate surface area is 104 Å². The Bertz CT molecular complexity index is 508. The number of carbonyl (C=O) groups excluding carboxylic acids is 2. The highest BCUT2D eigenvalue weighted by Crippen LogP contribution is 2.33. The number of benzene rings is 1. The first-order valence-electron chi connectivity index (χ1n) is 5.64. The number of fused-ring (bicyclic) bond motifs is 1. The molecule has 0 bridgehead atoms. The highest BCUT2D eigenvalue weighted by molar-refractivity contribution is 6.18. The van der Waals surface area contributed by atoms with Crippen LogP contribution in [0, 0.1) is 0 Å². The minimum Gasteiger partial charge on any atom is -0.497 e. The van der Waals surface area contributed by atoms with Gasteiger partial charge in [-0.2, -0.15) is 0 Å². The van der Waals surface area contributed by atoms with Gasteiger partial charge in [-0.25, -0.2) is 4.79 Å². The Morgan fingerprint density at radius 3 is 2.83 bits per heavy atom. The van der Waals surface area contributed by atoms with E-state index >= 15 is 0 Å². The molecule has 1 aromatic rings. The molecule has 0 aromatic heterocycles. The van der Waals surface area contributed by atoms with Crippen LogP contribution in [0.1, 0.15) is 22.8 Å². The summed E-state index contributed by atoms with van der Waals surface area (Å²) in [4.78, 5) is 23.7. The summed E-state index contributed by atoms with van der Waals surface area (Å²) < 4.78 is 9.79. The Kier molecular flexibility index (Phi) is 3.09. The number of esters is 1. The number of methoxy groups -OCH3 is 1. The average molecular weight is 250 g/mol. The predicted molar refractivity (Wildman–Crippen MR) is 62.6 cm³/mol. The van der Waals surface area contributed by atoms with E-state index in [0.717, 1.165) is 0 Å². The molecule has 0 fully saturated rings. The van der Waals surface area contributed by atoms with Crippen LogP contribution in [0.4, 0.5) is 0 Å². The van der Waals surface area contributed by atoms with Crippen LogP contribution in [0.3, 0.4) is 0 Å². The largest absolute Gasteiger partial charge is 0.497 e. The Hall–Kier alpha value is -1.88. The lowest BCUT2D eigenvalue weighted by atomic mass is 10.00. The van der Waals surface area contributed by atoms with E-state index in [1.54, 1.807) is 25.1 Å². The number of ether oxygens (including phenoxy) is 2. The Morgan fingerprint density at radius 2 is 2.22 bits per heavy atom. The number of aliphatic hydroxyl groups is 1. The third kappa shape index (κ3) is 1.76. The molecule has 0 saturated carbocycles. The lowest BCUT2D eigenvalue weighted by molar-refractivity contribution is -0.159. The number of carbonyl (C=O) groups is 2. The van der Waals surface area contributed by atoms with Gasteiger partial charge in [0.1, 0.15) is 5.75 Å². The maximum absolute atomic E-state index is 12.0. The van der Waals surface area contributed by atoms with E-state index in [4.69, 9.17) is 9.47 Å². The predicted octanol–water partition coefficient (Wildman–Crippen LogP) is 0.728. The first-order chi connectivity index (χ1) is 8.52. The van der Waals surface area contributed by atoms with E-state index < -0.39 is 17.4 Å². The standard InChI is InChI=1S/C13H14O5/c1-3-18-12(15)13(16)7-8-6-9(17-2)4-5-10(8)11(13)14/h4-6,16H,3,7H2,1-2H3. The van der Waals surface area contributed by atoms with Gasteiger partial charge in [-0.1, -0.05) is 0 Å². The van der Waals surface area contributed by atoms with Crippen LogP contribution >= 0.6 is 0 Å². The van der Waals surface area contributed by atoms with Crippen molar-refractivity contribution in [2.24, 2.45) is 0 Å². The molecule has 0 amide bonds. The van der Waals surface area contributed by atoms with Crippen molar-refractivity contribution in [3.63, 3.8) is 0 Å². The second-order valence-electron chi connectivity index (χ2n) is 4.11. The van der Waals surface area contributed by atoms with Gasteiger partial charge in [0.25, 0.3) is 0 Å². The first-order valence-corrected chi connectivity index (χ1v) is 5.64. The average Bonchev–Trinajstić information content (AvgIpc) is 2.62. The topological polar surface area (TPSA) is 72.8 Å². The van der Waals surface area contributed by atoms with Crippen molar-refractivity contribution in [2.75, 3.05) is 13.7 Å². The van der Waals surface area contributed by atoms with Crippen molar-refractivity contribution in [3.05, 3.63) is 29.3 Å². The first kappa shape index (κ1) is 12.6. The number of rotatable bonds is 3. The van der Waals surface area contributed by atoms with Crippen molar-refractivity contribution in [1.29, 1.82) is 0 Å². The molecule has 0 spiro atoms. The summed E-state index contributed by atoms with van der Waals surface area (Å²) in [7, 11) is 1.51. The molecule has 1 aliphatic carbocycles. The highest BCUT2D eigenvalue weighted by atomic mass is 16.5. The summed E-state index contributed by atoms with van der Waals surface area (Å²) >= 11 is 0. The van der Waals surface area contributed by atoms with E-state index in [2.05, 4.69) is 0 Å². The summed E-state index contributed by atoms with van der Waals surface area (Å²) in [6.45, 7) is 1.74. The molecular formula is C13H14O5. The lowest BCUT2D eigenvalue weighted by Gasteiger charge is -2.17. The molecule has 1 unspecified atom stereocenters. The Morgan fingerprint density at radius 1 is 1.50 bits per heavy atom. The molecular weight excluding hydrogens is 236 g/mol. The molecule has 96 valence electrons. The zero-order chi connectivity index (χ0) is 13.3. The SMILES string of the molecule is CCOC(=O)C1(O)Cc2cc(OC)ccc2C1=O. The van der Waals surface area contributed by atoms with Crippen molar-refractivity contribution in [2.45, 2.75) is 18.9 Å². The minimum atomic E-state index is -2.09. The smallest absolute Gasteiger partial charge is 0.346 e. The zero-order valence-corrected chi connectivity index (χ0v) is 10.2. The van der Waals surface area contributed by atoms with Crippen molar-refractivity contribution < 1.29 is 24.2 Å². The summed E-state index contributed by atoms with van der Waals surface area (Å²) in [6, 6.07) is 4.81. The molecule has 2 rings (SSSR count). The van der Waals surface area contributed by atoms with E-state index in [1.807, 2.05) is 0 Å². The third-order valence-corrected chi connectivity index (χ3v) is 2.99. The molecule has 0 aliphatic heterocycles. The molecule has 0 saturated heterocycles. The fourth-order valence-electron chi connectivity index (χ4n) is 2.06. The fourth-order valence-corrected chi connectivity index (χ4v) is 2.06. The molecule has 5 nitrogen and oxygen atoms in total. The number of hydrogen-bond donors (Lipinski definition) is 1. The molecule has 0 heterocycles. The quantitative estimate of drug-likeness (QED) is 0.632. The summed E-state index contributed by atoms with van der Waals surface area (Å²) in [5.74, 6) is -0.932. The van der Waals surface area contributed by atoms with Gasteiger partial charge in [0, 0.05) is 12.0 Å². The Balaban J connectivity index is 2.37. The van der Waals surface area contributed by atoms with Crippen LogP contribution in [0.2, 0.25) is 0 Å². The van der Waals surface area contributed by atoms with Gasteiger partial charge >= 0.3 is 5.97 Å².